The number of hydrogen-bond donors (Lipinski definition) is 3. The van der Waals surface area contributed by atoms with Gasteiger partial charge in [-0.25, -0.2) is 0 Å². The van der Waals surface area contributed by atoms with Crippen LogP contribution in [-0.2, 0) is 9.59 Å². The van der Waals surface area contributed by atoms with Crippen molar-refractivity contribution in [3.05, 3.63) is 0 Å². The van der Waals surface area contributed by atoms with Gasteiger partial charge in [0.15, 0.2) is 5.41 Å². The van der Waals surface area contributed by atoms with Crippen LogP contribution in [0.5, 0.6) is 0 Å². The third-order valence-corrected chi connectivity index (χ3v) is 2.85. The zero-order valence-electron chi connectivity index (χ0n) is 9.10. The van der Waals surface area contributed by atoms with Gasteiger partial charge in [0.2, 0.25) is 5.91 Å². The van der Waals surface area contributed by atoms with Crippen molar-refractivity contribution in [3.8, 4) is 0 Å². The first-order valence-electron chi connectivity index (χ1n) is 5.02. The average molecular weight is 254 g/mol. The summed E-state index contributed by atoms with van der Waals surface area (Å²) in [5, 5.41) is 12.9. The summed E-state index contributed by atoms with van der Waals surface area (Å²) in [5.41, 5.74) is -2.52. The summed E-state index contributed by atoms with van der Waals surface area (Å²) < 4.78 is 38.6. The molecule has 8 heteroatoms. The molecule has 17 heavy (non-hydrogen) atoms. The van der Waals surface area contributed by atoms with Gasteiger partial charge in [0.05, 0.1) is 0 Å². The van der Waals surface area contributed by atoms with E-state index in [4.69, 9.17) is 5.11 Å². The Kier molecular flexibility index (Phi) is 3.65. The van der Waals surface area contributed by atoms with Gasteiger partial charge < -0.3 is 15.7 Å². The van der Waals surface area contributed by atoms with Crippen molar-refractivity contribution >= 4 is 11.9 Å². The second kappa shape index (κ2) is 4.52. The molecule has 1 amide bonds. The Balaban J connectivity index is 2.86. The Morgan fingerprint density at radius 3 is 2.41 bits per heavy atom. The van der Waals surface area contributed by atoms with Gasteiger partial charge in [-0.1, -0.05) is 0 Å². The highest BCUT2D eigenvalue weighted by atomic mass is 19.4. The number of nitrogens with one attached hydrogen (secondary N) is 2. The van der Waals surface area contributed by atoms with Crippen LogP contribution in [0, 0.1) is 5.41 Å². The standard InChI is InChI=1S/C9H13F3N2O3/c1-5(6(15)16)14-7(17)8(9(10,11)12)2-3-13-4-8/h5,13H,2-4H2,1H3,(H,14,17)(H,15,16). The van der Waals surface area contributed by atoms with Gasteiger partial charge in [-0.05, 0) is 19.9 Å². The van der Waals surface area contributed by atoms with Crippen LogP contribution in [0.1, 0.15) is 13.3 Å². The van der Waals surface area contributed by atoms with Crippen LogP contribution in [0.4, 0.5) is 13.2 Å². The predicted molar refractivity (Wildman–Crippen MR) is 51.2 cm³/mol. The van der Waals surface area contributed by atoms with Crippen molar-refractivity contribution < 1.29 is 27.9 Å². The number of carboxylic acids is 1. The summed E-state index contributed by atoms with van der Waals surface area (Å²) in [5.74, 6) is -2.66. The minimum atomic E-state index is -4.70. The second-order valence-electron chi connectivity index (χ2n) is 4.04. The number of rotatable bonds is 3. The molecular weight excluding hydrogens is 241 g/mol. The maximum absolute atomic E-state index is 12.9. The molecule has 98 valence electrons. The van der Waals surface area contributed by atoms with Gasteiger partial charge in [0, 0.05) is 6.54 Å². The molecule has 1 aliphatic heterocycles. The first-order valence-corrected chi connectivity index (χ1v) is 5.02. The fourth-order valence-electron chi connectivity index (χ4n) is 1.65. The monoisotopic (exact) mass is 254 g/mol. The molecule has 1 heterocycles. The lowest BCUT2D eigenvalue weighted by molar-refractivity contribution is -0.216. The summed E-state index contributed by atoms with van der Waals surface area (Å²) in [6.45, 7) is 0.676. The van der Waals surface area contributed by atoms with E-state index in [1.54, 1.807) is 0 Å². The lowest BCUT2D eigenvalue weighted by Gasteiger charge is -2.30. The van der Waals surface area contributed by atoms with Crippen LogP contribution in [0.25, 0.3) is 0 Å². The molecule has 0 radical (unpaired) electrons. The molecule has 0 aromatic carbocycles. The third kappa shape index (κ3) is 2.51. The molecule has 2 unspecified atom stereocenters. The number of amides is 1. The third-order valence-electron chi connectivity index (χ3n) is 2.85. The molecular formula is C9H13F3N2O3. The normalized spacial score (nSPS) is 26.6. The fourth-order valence-corrected chi connectivity index (χ4v) is 1.65. The fraction of sp³-hybridized carbons (Fsp3) is 0.778. The number of halogens is 3. The second-order valence-corrected chi connectivity index (χ2v) is 4.04. The highest BCUT2D eigenvalue weighted by Crippen LogP contribution is 2.43. The van der Waals surface area contributed by atoms with Crippen LogP contribution in [0.3, 0.4) is 0 Å². The van der Waals surface area contributed by atoms with Crippen molar-refractivity contribution in [2.24, 2.45) is 5.41 Å². The number of hydrogen-bond acceptors (Lipinski definition) is 3. The maximum Gasteiger partial charge on any atom is 0.404 e. The minimum Gasteiger partial charge on any atom is -0.480 e. The molecule has 0 aliphatic carbocycles. The smallest absolute Gasteiger partial charge is 0.404 e. The summed E-state index contributed by atoms with van der Waals surface area (Å²) in [4.78, 5) is 22.1. The Labute approximate surface area is 95.4 Å². The van der Waals surface area contributed by atoms with Gasteiger partial charge in [0.25, 0.3) is 0 Å². The molecule has 1 aliphatic rings. The van der Waals surface area contributed by atoms with Crippen LogP contribution >= 0.6 is 0 Å². The first-order chi connectivity index (χ1) is 7.71. The number of carboxylic acid groups (broad SMARTS) is 1. The largest absolute Gasteiger partial charge is 0.480 e. The van der Waals surface area contributed by atoms with Crippen LogP contribution in [0.15, 0.2) is 0 Å². The van der Waals surface area contributed by atoms with E-state index in [2.05, 4.69) is 5.32 Å². The van der Waals surface area contributed by atoms with Gasteiger partial charge in [0.1, 0.15) is 6.04 Å². The highest BCUT2D eigenvalue weighted by Gasteiger charge is 2.61. The molecule has 5 nitrogen and oxygen atoms in total. The molecule has 3 N–H and O–H groups in total. The van der Waals surface area contributed by atoms with Gasteiger partial charge in [-0.2, -0.15) is 13.2 Å². The van der Waals surface area contributed by atoms with Crippen LogP contribution in [-0.4, -0.2) is 42.3 Å². The summed E-state index contributed by atoms with van der Waals surface area (Å²) >= 11 is 0. The van der Waals surface area contributed by atoms with E-state index in [0.29, 0.717) is 0 Å². The minimum absolute atomic E-state index is 0.0778. The van der Waals surface area contributed by atoms with Crippen molar-refractivity contribution in [2.75, 3.05) is 13.1 Å². The lowest BCUT2D eigenvalue weighted by atomic mass is 9.85. The molecule has 1 fully saturated rings. The highest BCUT2D eigenvalue weighted by molar-refractivity contribution is 5.88. The topological polar surface area (TPSA) is 78.4 Å². The Hall–Kier alpha value is -1.31. The molecule has 0 bridgehead atoms. The zero-order chi connectivity index (χ0) is 13.3. The Morgan fingerprint density at radius 2 is 2.06 bits per heavy atom. The zero-order valence-corrected chi connectivity index (χ0v) is 9.10. The number of carbonyl (C=O) groups is 2. The molecule has 0 aromatic heterocycles. The molecule has 1 rings (SSSR count). The molecule has 1 saturated heterocycles. The van der Waals surface area contributed by atoms with Gasteiger partial charge in [-0.3, -0.25) is 9.59 Å². The SMILES string of the molecule is CC(NC(=O)C1(C(F)(F)F)CCNC1)C(=O)O. The number of carbonyl (C=O) groups excluding carboxylic acids is 1. The van der Waals surface area contributed by atoms with Crippen molar-refractivity contribution in [1.29, 1.82) is 0 Å². The molecule has 0 aromatic rings. The van der Waals surface area contributed by atoms with Crippen LogP contribution in [0.2, 0.25) is 0 Å². The first kappa shape index (κ1) is 13.8. The van der Waals surface area contributed by atoms with E-state index < -0.39 is 36.1 Å². The van der Waals surface area contributed by atoms with Crippen molar-refractivity contribution in [2.45, 2.75) is 25.6 Å². The van der Waals surface area contributed by atoms with Gasteiger partial charge >= 0.3 is 12.1 Å². The number of alkyl halides is 3. The summed E-state index contributed by atoms with van der Waals surface area (Å²) in [7, 11) is 0. The lowest BCUT2D eigenvalue weighted by Crippen LogP contribution is -2.55. The van der Waals surface area contributed by atoms with Crippen molar-refractivity contribution in [1.82, 2.24) is 10.6 Å². The van der Waals surface area contributed by atoms with E-state index in [-0.39, 0.29) is 13.0 Å². The summed E-state index contributed by atoms with van der Waals surface area (Å²) in [6, 6.07) is -1.35. The predicted octanol–water partition coefficient (Wildman–Crippen LogP) is 0.118. The Bertz CT molecular complexity index is 324. The van der Waals surface area contributed by atoms with Crippen LogP contribution < -0.4 is 10.6 Å². The molecule has 0 spiro atoms. The number of aliphatic carboxylic acids is 1. The van der Waals surface area contributed by atoms with E-state index in [9.17, 15) is 22.8 Å². The Morgan fingerprint density at radius 1 is 1.47 bits per heavy atom. The average Bonchev–Trinajstić information content (AvgIpc) is 2.65. The summed E-state index contributed by atoms with van der Waals surface area (Å²) in [6.07, 6.45) is -5.08. The van der Waals surface area contributed by atoms with E-state index >= 15 is 0 Å². The molecule has 0 saturated carbocycles. The quantitative estimate of drug-likeness (QED) is 0.668. The van der Waals surface area contributed by atoms with Gasteiger partial charge in [-0.15, -0.1) is 0 Å². The van der Waals surface area contributed by atoms with E-state index in [0.717, 1.165) is 6.92 Å². The molecule has 2 atom stereocenters. The van der Waals surface area contributed by atoms with E-state index in [1.807, 2.05) is 5.32 Å². The maximum atomic E-state index is 12.9. The van der Waals surface area contributed by atoms with Crippen molar-refractivity contribution in [3.63, 3.8) is 0 Å². The van der Waals surface area contributed by atoms with E-state index in [1.165, 1.54) is 0 Å².